The number of halogens is 5. The molecule has 0 saturated heterocycles. The lowest BCUT2D eigenvalue weighted by molar-refractivity contribution is 0.586. The average Bonchev–Trinajstić information content (AvgIpc) is 2.35. The van der Waals surface area contributed by atoms with E-state index in [0.717, 1.165) is 18.2 Å². The molecule has 0 aliphatic carbocycles. The van der Waals surface area contributed by atoms with Crippen molar-refractivity contribution in [3.05, 3.63) is 69.4 Å². The zero-order valence-electron chi connectivity index (χ0n) is 8.93. The summed E-state index contributed by atoms with van der Waals surface area (Å²) in [5.41, 5.74) is 0.323. The maximum absolute atomic E-state index is 13.6. The molecule has 94 valence electrons. The molecule has 2 rings (SSSR count). The van der Waals surface area contributed by atoms with Crippen LogP contribution in [0.5, 0.6) is 0 Å². The van der Waals surface area contributed by atoms with Gasteiger partial charge in [-0.2, -0.15) is 0 Å². The van der Waals surface area contributed by atoms with Crippen molar-refractivity contribution in [3.8, 4) is 0 Å². The summed E-state index contributed by atoms with van der Waals surface area (Å²) in [4.78, 5) is 0. The lowest BCUT2D eigenvalue weighted by Crippen LogP contribution is -2.00. The van der Waals surface area contributed by atoms with Crippen LogP contribution in [0.1, 0.15) is 16.5 Å². The minimum atomic E-state index is -0.967. The van der Waals surface area contributed by atoms with Gasteiger partial charge in [-0.25, -0.2) is 13.2 Å². The van der Waals surface area contributed by atoms with Crippen LogP contribution in [0, 0.1) is 17.5 Å². The van der Waals surface area contributed by atoms with Crippen LogP contribution in [0.25, 0.3) is 0 Å². The molecule has 0 heterocycles. The van der Waals surface area contributed by atoms with Gasteiger partial charge in [0.25, 0.3) is 0 Å². The van der Waals surface area contributed by atoms with Crippen LogP contribution in [0.2, 0.25) is 0 Å². The fourth-order valence-corrected chi connectivity index (χ4v) is 2.57. The Labute approximate surface area is 116 Å². The molecule has 0 aromatic heterocycles. The molecule has 0 radical (unpaired) electrons. The van der Waals surface area contributed by atoms with Crippen molar-refractivity contribution < 1.29 is 13.2 Å². The topological polar surface area (TPSA) is 0 Å². The number of alkyl halides is 1. The summed E-state index contributed by atoms with van der Waals surface area (Å²) in [5.74, 6) is -1.73. The molecule has 0 amide bonds. The highest BCUT2D eigenvalue weighted by Crippen LogP contribution is 2.36. The molecule has 1 unspecified atom stereocenters. The second-order valence-corrected chi connectivity index (χ2v) is 4.90. The normalized spacial score (nSPS) is 12.5. The largest absolute Gasteiger partial charge is 0.207 e. The number of rotatable bonds is 2. The standard InChI is InChI=1S/C13H7BrClF3/c14-12-8(2-1-3-11(12)18)13(15)9-6-7(16)4-5-10(9)17/h1-6,13H. The van der Waals surface area contributed by atoms with Gasteiger partial charge in [0, 0.05) is 5.56 Å². The molecule has 0 aliphatic rings. The SMILES string of the molecule is Fc1ccc(F)c(C(Cl)c2cccc(F)c2Br)c1. The molecule has 0 fully saturated rings. The summed E-state index contributed by atoms with van der Waals surface area (Å²) in [6.45, 7) is 0. The minimum Gasteiger partial charge on any atom is -0.207 e. The maximum atomic E-state index is 13.6. The third-order valence-electron chi connectivity index (χ3n) is 2.49. The first-order chi connectivity index (χ1) is 8.50. The van der Waals surface area contributed by atoms with E-state index in [1.165, 1.54) is 12.1 Å². The van der Waals surface area contributed by atoms with Crippen LogP contribution >= 0.6 is 27.5 Å². The fraction of sp³-hybridized carbons (Fsp3) is 0.0769. The van der Waals surface area contributed by atoms with Crippen molar-refractivity contribution in [1.82, 2.24) is 0 Å². The van der Waals surface area contributed by atoms with Crippen molar-refractivity contribution >= 4 is 27.5 Å². The molecule has 0 spiro atoms. The third kappa shape index (κ3) is 2.54. The van der Waals surface area contributed by atoms with E-state index in [0.29, 0.717) is 5.56 Å². The number of benzene rings is 2. The van der Waals surface area contributed by atoms with E-state index in [-0.39, 0.29) is 10.0 Å². The quantitative estimate of drug-likeness (QED) is 0.662. The molecule has 18 heavy (non-hydrogen) atoms. The maximum Gasteiger partial charge on any atom is 0.137 e. The molecule has 2 aromatic rings. The predicted molar refractivity (Wildman–Crippen MR) is 68.2 cm³/mol. The summed E-state index contributed by atoms with van der Waals surface area (Å²) < 4.78 is 40.2. The molecule has 5 heteroatoms. The molecule has 0 aliphatic heterocycles. The van der Waals surface area contributed by atoms with Crippen molar-refractivity contribution in [2.75, 3.05) is 0 Å². The highest BCUT2D eigenvalue weighted by Gasteiger charge is 2.19. The van der Waals surface area contributed by atoms with Gasteiger partial charge in [-0.15, -0.1) is 11.6 Å². The van der Waals surface area contributed by atoms with Gasteiger partial charge >= 0.3 is 0 Å². The van der Waals surface area contributed by atoms with Crippen LogP contribution in [-0.4, -0.2) is 0 Å². The highest BCUT2D eigenvalue weighted by molar-refractivity contribution is 9.10. The van der Waals surface area contributed by atoms with Gasteiger partial charge in [-0.1, -0.05) is 12.1 Å². The van der Waals surface area contributed by atoms with Gasteiger partial charge in [-0.3, -0.25) is 0 Å². The van der Waals surface area contributed by atoms with Crippen LogP contribution in [0.3, 0.4) is 0 Å². The average molecular weight is 336 g/mol. The van der Waals surface area contributed by atoms with Crippen molar-refractivity contribution in [2.45, 2.75) is 5.38 Å². The lowest BCUT2D eigenvalue weighted by atomic mass is 10.0. The molecule has 0 nitrogen and oxygen atoms in total. The summed E-state index contributed by atoms with van der Waals surface area (Å²) in [5, 5.41) is -0.967. The van der Waals surface area contributed by atoms with Crippen molar-refractivity contribution in [1.29, 1.82) is 0 Å². The van der Waals surface area contributed by atoms with E-state index < -0.39 is 22.8 Å². The van der Waals surface area contributed by atoms with E-state index in [1.807, 2.05) is 0 Å². The van der Waals surface area contributed by atoms with Gasteiger partial charge in [0.2, 0.25) is 0 Å². The molecule has 0 N–H and O–H groups in total. The molecule has 0 bridgehead atoms. The monoisotopic (exact) mass is 334 g/mol. The van der Waals surface area contributed by atoms with E-state index in [2.05, 4.69) is 15.9 Å². The van der Waals surface area contributed by atoms with Gasteiger partial charge in [-0.05, 0) is 45.8 Å². The summed E-state index contributed by atoms with van der Waals surface area (Å²) >= 11 is 9.13. The van der Waals surface area contributed by atoms with Crippen LogP contribution in [0.4, 0.5) is 13.2 Å². The highest BCUT2D eigenvalue weighted by atomic mass is 79.9. The Balaban J connectivity index is 2.51. The van der Waals surface area contributed by atoms with Gasteiger partial charge < -0.3 is 0 Å². The minimum absolute atomic E-state index is 0.0250. The second-order valence-electron chi connectivity index (χ2n) is 3.67. The first-order valence-electron chi connectivity index (χ1n) is 5.03. The lowest BCUT2D eigenvalue weighted by Gasteiger charge is -2.13. The van der Waals surface area contributed by atoms with E-state index in [4.69, 9.17) is 11.6 Å². The predicted octanol–water partition coefficient (Wildman–Crippen LogP) is 5.19. The van der Waals surface area contributed by atoms with E-state index in [9.17, 15) is 13.2 Å². The summed E-state index contributed by atoms with van der Waals surface area (Å²) in [6.07, 6.45) is 0. The number of hydrogen-bond donors (Lipinski definition) is 0. The van der Waals surface area contributed by atoms with Gasteiger partial charge in [0.05, 0.1) is 9.85 Å². The summed E-state index contributed by atoms with van der Waals surface area (Å²) in [7, 11) is 0. The Morgan fingerprint density at radius 1 is 0.944 bits per heavy atom. The second kappa shape index (κ2) is 5.33. The third-order valence-corrected chi connectivity index (χ3v) is 3.79. The van der Waals surface area contributed by atoms with Crippen LogP contribution in [0.15, 0.2) is 40.9 Å². The van der Waals surface area contributed by atoms with Crippen LogP contribution in [-0.2, 0) is 0 Å². The molecule has 0 saturated carbocycles. The van der Waals surface area contributed by atoms with Gasteiger partial charge in [0.15, 0.2) is 0 Å². The van der Waals surface area contributed by atoms with E-state index in [1.54, 1.807) is 6.07 Å². The zero-order valence-corrected chi connectivity index (χ0v) is 11.3. The first-order valence-corrected chi connectivity index (χ1v) is 6.26. The van der Waals surface area contributed by atoms with Crippen LogP contribution < -0.4 is 0 Å². The van der Waals surface area contributed by atoms with Crippen molar-refractivity contribution in [2.24, 2.45) is 0 Å². The Hall–Kier alpha value is -1.00. The molecular weight excluding hydrogens is 328 g/mol. The molecular formula is C13H7BrClF3. The Morgan fingerprint density at radius 3 is 2.39 bits per heavy atom. The molecule has 1 atom stereocenters. The van der Waals surface area contributed by atoms with E-state index >= 15 is 0 Å². The molecule has 2 aromatic carbocycles. The van der Waals surface area contributed by atoms with Crippen molar-refractivity contribution in [3.63, 3.8) is 0 Å². The Bertz CT molecular complexity index is 584. The first kappa shape index (κ1) is 13.4. The van der Waals surface area contributed by atoms with Gasteiger partial charge in [0.1, 0.15) is 17.5 Å². The Morgan fingerprint density at radius 2 is 1.67 bits per heavy atom. The number of hydrogen-bond acceptors (Lipinski definition) is 0. The Kier molecular flexibility index (Phi) is 3.97. The zero-order chi connectivity index (χ0) is 13.3. The smallest absolute Gasteiger partial charge is 0.137 e. The fourth-order valence-electron chi connectivity index (χ4n) is 1.59. The summed E-state index contributed by atoms with van der Waals surface area (Å²) in [6, 6.07) is 7.26.